The normalized spacial score (nSPS) is 15.1. The Labute approximate surface area is 72.0 Å². The van der Waals surface area contributed by atoms with Crippen molar-refractivity contribution in [1.82, 2.24) is 4.98 Å². The molecule has 1 heterocycles. The van der Waals surface area contributed by atoms with Crippen LogP contribution in [0.4, 0.5) is 11.4 Å². The van der Waals surface area contributed by atoms with Gasteiger partial charge in [0.05, 0.1) is 17.6 Å². The van der Waals surface area contributed by atoms with Crippen LogP contribution in [0.2, 0.25) is 0 Å². The fourth-order valence-electron chi connectivity index (χ4n) is 0.549. The largest absolute Gasteiger partial charge is 0.396 e. The lowest BCUT2D eigenvalue weighted by atomic mass is 10.3. The van der Waals surface area contributed by atoms with Gasteiger partial charge >= 0.3 is 0 Å². The van der Waals surface area contributed by atoms with Crippen LogP contribution < -0.4 is 11.1 Å². The third kappa shape index (κ3) is 1.39. The Balaban J connectivity index is 2.94. The molecule has 0 amide bonds. The summed E-state index contributed by atoms with van der Waals surface area (Å²) in [6.45, 7) is -2.24. The van der Waals surface area contributed by atoms with E-state index in [2.05, 4.69) is 26.2 Å². The lowest BCUT2D eigenvalue weighted by molar-refractivity contribution is 1.27. The number of nitrogens with one attached hydrogen (secondary N) is 1. The fraction of sp³-hybridized carbons (Fsp3) is 0.167. The molecule has 0 spiro atoms. The van der Waals surface area contributed by atoms with Gasteiger partial charge in [0.2, 0.25) is 0 Å². The van der Waals surface area contributed by atoms with Crippen molar-refractivity contribution in [1.29, 1.82) is 0 Å². The highest BCUT2D eigenvalue weighted by Gasteiger charge is 1.96. The lowest BCUT2D eigenvalue weighted by Crippen LogP contribution is -1.96. The minimum absolute atomic E-state index is 0.305. The second kappa shape index (κ2) is 2.88. The Hall–Kier alpha value is -0.770. The zero-order valence-corrected chi connectivity index (χ0v) is 6.64. The molecule has 0 atom stereocenters. The van der Waals surface area contributed by atoms with Crippen molar-refractivity contribution in [2.45, 2.75) is 0 Å². The maximum Gasteiger partial charge on any atom is 0.108 e. The van der Waals surface area contributed by atoms with Crippen LogP contribution in [0.1, 0.15) is 4.11 Å². The van der Waals surface area contributed by atoms with Gasteiger partial charge in [0.15, 0.2) is 0 Å². The van der Waals surface area contributed by atoms with E-state index in [0.717, 1.165) is 0 Å². The molecule has 1 aromatic heterocycles. The van der Waals surface area contributed by atoms with Crippen molar-refractivity contribution in [3.8, 4) is 0 Å². The van der Waals surface area contributed by atoms with Gasteiger partial charge < -0.3 is 11.1 Å². The van der Waals surface area contributed by atoms with Crippen LogP contribution in [-0.4, -0.2) is 12.0 Å². The number of nitrogens with zero attached hydrogens (tertiary/aromatic N) is 1. The van der Waals surface area contributed by atoms with Gasteiger partial charge in [0, 0.05) is 11.1 Å². The van der Waals surface area contributed by atoms with E-state index in [4.69, 9.17) is 9.85 Å². The van der Waals surface area contributed by atoms with Crippen LogP contribution >= 0.6 is 15.9 Å². The average molecular weight is 205 g/mol. The van der Waals surface area contributed by atoms with Gasteiger partial charge in [0.25, 0.3) is 0 Å². The number of hydrogen-bond donors (Lipinski definition) is 2. The van der Waals surface area contributed by atoms with Gasteiger partial charge in [-0.2, -0.15) is 0 Å². The van der Waals surface area contributed by atoms with E-state index >= 15 is 0 Å². The van der Waals surface area contributed by atoms with E-state index < -0.39 is 6.98 Å². The summed E-state index contributed by atoms with van der Waals surface area (Å²) >= 11 is 3.11. The molecule has 1 aromatic rings. The molecule has 3 N–H and O–H groups in total. The van der Waals surface area contributed by atoms with E-state index in [1.165, 1.54) is 12.3 Å². The van der Waals surface area contributed by atoms with Crippen molar-refractivity contribution >= 4 is 27.3 Å². The summed E-state index contributed by atoms with van der Waals surface area (Å²) in [6, 6.07) is 1.52. The Morgan fingerprint density at radius 1 is 1.90 bits per heavy atom. The molecule has 54 valence electrons. The highest BCUT2D eigenvalue weighted by molar-refractivity contribution is 9.10. The van der Waals surface area contributed by atoms with Crippen LogP contribution in [0, 0.1) is 0 Å². The first-order valence-electron chi connectivity index (χ1n) is 4.08. The number of pyridine rings is 1. The summed E-state index contributed by atoms with van der Waals surface area (Å²) in [5.41, 5.74) is 6.15. The zero-order chi connectivity index (χ0) is 10.1. The number of aromatic nitrogens is 1. The van der Waals surface area contributed by atoms with Gasteiger partial charge in [-0.3, -0.25) is 0 Å². The average Bonchev–Trinajstić information content (AvgIpc) is 1.94. The SMILES string of the molecule is [2H]C([2H])([2H])Nc1cc(Br)ncc1N. The molecule has 0 aliphatic carbocycles. The van der Waals surface area contributed by atoms with Crippen molar-refractivity contribution in [2.75, 3.05) is 18.0 Å². The molecule has 4 heteroatoms. The van der Waals surface area contributed by atoms with Gasteiger partial charge in [0.1, 0.15) is 4.60 Å². The van der Waals surface area contributed by atoms with Crippen molar-refractivity contribution in [3.05, 3.63) is 16.9 Å². The predicted octanol–water partition coefficient (Wildman–Crippen LogP) is 1.47. The molecular weight excluding hydrogens is 194 g/mol. The number of anilines is 2. The number of nitrogens with two attached hydrogens (primary N) is 1. The molecule has 1 rings (SSSR count). The molecule has 0 unspecified atom stereocenters. The van der Waals surface area contributed by atoms with Crippen LogP contribution in [0.25, 0.3) is 0 Å². The maximum absolute atomic E-state index is 6.97. The van der Waals surface area contributed by atoms with Gasteiger partial charge in [-0.1, -0.05) is 0 Å². The minimum Gasteiger partial charge on any atom is -0.396 e. The number of nitrogen functional groups attached to an aromatic ring is 1. The molecule has 10 heavy (non-hydrogen) atoms. The topological polar surface area (TPSA) is 50.9 Å². The van der Waals surface area contributed by atoms with E-state index in [9.17, 15) is 0 Å². The first kappa shape index (κ1) is 4.18. The number of halogens is 1. The Kier molecular flexibility index (Phi) is 1.20. The summed E-state index contributed by atoms with van der Waals surface area (Å²) in [7, 11) is 0. The summed E-state index contributed by atoms with van der Waals surface area (Å²) in [6.07, 6.45) is 1.39. The second-order valence-corrected chi connectivity index (χ2v) is 2.53. The summed E-state index contributed by atoms with van der Waals surface area (Å²) < 4.78 is 21.4. The zero-order valence-electron chi connectivity index (χ0n) is 8.06. The molecule has 0 fully saturated rings. The van der Waals surface area contributed by atoms with E-state index in [1.54, 1.807) is 0 Å². The number of rotatable bonds is 1. The second-order valence-electron chi connectivity index (χ2n) is 1.72. The Bertz CT molecular complexity index is 312. The molecule has 0 saturated heterocycles. The van der Waals surface area contributed by atoms with Crippen molar-refractivity contribution < 1.29 is 4.11 Å². The van der Waals surface area contributed by atoms with Crippen LogP contribution in [-0.2, 0) is 0 Å². The van der Waals surface area contributed by atoms with Crippen LogP contribution in [0.5, 0.6) is 0 Å². The molecule has 0 radical (unpaired) electrons. The monoisotopic (exact) mass is 204 g/mol. The molecule has 0 aromatic carbocycles. The predicted molar refractivity (Wildman–Crippen MR) is 45.9 cm³/mol. The van der Waals surface area contributed by atoms with Gasteiger partial charge in [-0.05, 0) is 22.0 Å². The van der Waals surface area contributed by atoms with E-state index in [-0.39, 0.29) is 0 Å². The third-order valence-electron chi connectivity index (χ3n) is 1.04. The third-order valence-corrected chi connectivity index (χ3v) is 1.47. The fourth-order valence-corrected chi connectivity index (χ4v) is 0.880. The van der Waals surface area contributed by atoms with E-state index in [1.807, 2.05) is 0 Å². The molecule has 0 aliphatic rings. The molecular formula is C6H8BrN3. The maximum atomic E-state index is 6.97. The van der Waals surface area contributed by atoms with Gasteiger partial charge in [-0.25, -0.2) is 4.98 Å². The molecule has 0 bridgehead atoms. The number of hydrogen-bond acceptors (Lipinski definition) is 3. The van der Waals surface area contributed by atoms with Gasteiger partial charge in [-0.15, -0.1) is 0 Å². The minimum atomic E-state index is -2.24. The molecule has 0 saturated carbocycles. The Morgan fingerprint density at radius 2 is 2.70 bits per heavy atom. The highest BCUT2D eigenvalue weighted by atomic mass is 79.9. The van der Waals surface area contributed by atoms with E-state index in [0.29, 0.717) is 16.0 Å². The first-order valence-corrected chi connectivity index (χ1v) is 3.37. The lowest BCUT2D eigenvalue weighted by Gasteiger charge is -2.02. The molecule has 0 aliphatic heterocycles. The summed E-state index contributed by atoms with van der Waals surface area (Å²) in [4.78, 5) is 3.84. The summed E-state index contributed by atoms with van der Waals surface area (Å²) in [5.74, 6) is 0. The quantitative estimate of drug-likeness (QED) is 0.682. The highest BCUT2D eigenvalue weighted by Crippen LogP contribution is 2.19. The molecule has 3 nitrogen and oxygen atoms in total. The smallest absolute Gasteiger partial charge is 0.108 e. The van der Waals surface area contributed by atoms with Crippen molar-refractivity contribution in [3.63, 3.8) is 0 Å². The summed E-state index contributed by atoms with van der Waals surface area (Å²) in [5, 5.41) is 2.30. The Morgan fingerprint density at radius 3 is 3.40 bits per heavy atom. The standard InChI is InChI=1S/C6H8BrN3/c1-9-5-2-6(7)10-3-4(5)8/h2-3H,8H2,1H3,(H,9,10)/i1D3. The van der Waals surface area contributed by atoms with Crippen LogP contribution in [0.3, 0.4) is 0 Å². The first-order chi connectivity index (χ1) is 5.88. The van der Waals surface area contributed by atoms with Crippen LogP contribution in [0.15, 0.2) is 16.9 Å². The van der Waals surface area contributed by atoms with Crippen molar-refractivity contribution in [2.24, 2.45) is 0 Å².